The third kappa shape index (κ3) is 8.48. The number of Topliss-reactive ketones (excluding diaryl/α,β-unsaturated/α-hetero) is 1. The fourth-order valence-corrected chi connectivity index (χ4v) is 5.32. The molecule has 1 fully saturated rings. The van der Waals surface area contributed by atoms with Crippen molar-refractivity contribution in [2.24, 2.45) is 16.5 Å². The van der Waals surface area contributed by atoms with Crippen molar-refractivity contribution < 1.29 is 22.8 Å². The van der Waals surface area contributed by atoms with Gasteiger partial charge in [-0.2, -0.15) is 4.31 Å². The number of hydrogen-bond donors (Lipinski definition) is 3. The molecule has 0 aliphatic carbocycles. The van der Waals surface area contributed by atoms with E-state index in [1.165, 1.54) is 17.2 Å². The minimum atomic E-state index is -3.81. The highest BCUT2D eigenvalue weighted by Crippen LogP contribution is 2.14. The Hall–Kier alpha value is -3.62. The van der Waals surface area contributed by atoms with Crippen LogP contribution in [0.25, 0.3) is 6.08 Å². The predicted octanol–water partition coefficient (Wildman–Crippen LogP) is 0.00910. The number of aromatic nitrogens is 1. The van der Waals surface area contributed by atoms with Crippen molar-refractivity contribution >= 4 is 51.0 Å². The number of carbonyl (C=O) groups excluding carboxylic acids is 3. The van der Waals surface area contributed by atoms with Crippen molar-refractivity contribution in [3.63, 3.8) is 0 Å². The molecule has 1 aliphatic rings. The first-order valence-electron chi connectivity index (χ1n) is 11.5. The maximum absolute atomic E-state index is 12.8. The second kappa shape index (κ2) is 13.1. The van der Waals surface area contributed by atoms with Gasteiger partial charge in [0.25, 0.3) is 0 Å². The summed E-state index contributed by atoms with van der Waals surface area (Å²) in [4.78, 5) is 47.4. The van der Waals surface area contributed by atoms with Crippen molar-refractivity contribution in [1.29, 1.82) is 0 Å². The average molecular weight is 548 g/mol. The second-order valence-corrected chi connectivity index (χ2v) is 10.9. The highest BCUT2D eigenvalue weighted by atomic mass is 32.2. The van der Waals surface area contributed by atoms with Crippen LogP contribution >= 0.6 is 11.3 Å². The predicted molar refractivity (Wildman–Crippen MR) is 141 cm³/mol. The summed E-state index contributed by atoms with van der Waals surface area (Å²) < 4.78 is 26.4. The molecule has 0 unspecified atom stereocenters. The first-order valence-corrected chi connectivity index (χ1v) is 13.8. The topological polar surface area (TPSA) is 181 Å². The number of rotatable bonds is 12. The number of piperazine rings is 1. The van der Waals surface area contributed by atoms with Crippen molar-refractivity contribution in [3.05, 3.63) is 57.9 Å². The lowest BCUT2D eigenvalue weighted by atomic mass is 10.1. The van der Waals surface area contributed by atoms with Gasteiger partial charge in [0.2, 0.25) is 27.6 Å². The largest absolute Gasteiger partial charge is 0.370 e. The lowest BCUT2D eigenvalue weighted by Crippen LogP contribution is -2.55. The summed E-state index contributed by atoms with van der Waals surface area (Å²) in [5.74, 6) is -1.46. The van der Waals surface area contributed by atoms with E-state index in [2.05, 4.69) is 15.3 Å². The molecule has 12 nitrogen and oxygen atoms in total. The molecule has 37 heavy (non-hydrogen) atoms. The summed E-state index contributed by atoms with van der Waals surface area (Å²) in [5.41, 5.74) is 11.4. The highest BCUT2D eigenvalue weighted by Gasteiger charge is 2.32. The molecule has 0 radical (unpaired) electrons. The van der Waals surface area contributed by atoms with Crippen LogP contribution in [0.15, 0.2) is 52.3 Å². The number of amides is 2. The number of sulfonamides is 1. The van der Waals surface area contributed by atoms with Crippen LogP contribution in [0.5, 0.6) is 0 Å². The molecule has 2 amide bonds. The second-order valence-electron chi connectivity index (χ2n) is 8.18. The van der Waals surface area contributed by atoms with Gasteiger partial charge >= 0.3 is 0 Å². The summed E-state index contributed by atoms with van der Waals surface area (Å²) in [7, 11) is -3.81. The summed E-state index contributed by atoms with van der Waals surface area (Å²) in [5, 5.41) is 5.65. The molecule has 1 atom stereocenters. The monoisotopic (exact) mass is 547 g/mol. The van der Waals surface area contributed by atoms with Gasteiger partial charge in [0.1, 0.15) is 0 Å². The minimum Gasteiger partial charge on any atom is -0.370 e. The Morgan fingerprint density at radius 2 is 1.97 bits per heavy atom. The fourth-order valence-electron chi connectivity index (χ4n) is 3.57. The fraction of sp³-hybridized carbons (Fsp3) is 0.348. The van der Waals surface area contributed by atoms with Crippen molar-refractivity contribution in [2.45, 2.75) is 18.9 Å². The Labute approximate surface area is 219 Å². The van der Waals surface area contributed by atoms with Crippen LogP contribution in [0, 0.1) is 0 Å². The number of nitrogens with two attached hydrogens (primary N) is 2. The van der Waals surface area contributed by atoms with Crippen LogP contribution < -0.4 is 16.8 Å². The van der Waals surface area contributed by atoms with Crippen molar-refractivity contribution in [1.82, 2.24) is 19.5 Å². The van der Waals surface area contributed by atoms with Crippen molar-refractivity contribution in [3.8, 4) is 0 Å². The quantitative estimate of drug-likeness (QED) is 0.144. The van der Waals surface area contributed by atoms with E-state index in [1.54, 1.807) is 29.6 Å². The molecule has 3 rings (SSSR count). The van der Waals surface area contributed by atoms with Gasteiger partial charge in [0, 0.05) is 36.6 Å². The van der Waals surface area contributed by atoms with E-state index in [1.807, 2.05) is 6.07 Å². The maximum Gasteiger partial charge on any atom is 0.240 e. The van der Waals surface area contributed by atoms with Crippen LogP contribution in [-0.4, -0.2) is 84.9 Å². The zero-order valence-electron chi connectivity index (χ0n) is 20.0. The molecule has 198 valence electrons. The van der Waals surface area contributed by atoms with Gasteiger partial charge in [0.05, 0.1) is 19.1 Å². The number of guanidine groups is 1. The van der Waals surface area contributed by atoms with E-state index < -0.39 is 27.9 Å². The van der Waals surface area contributed by atoms with Crippen LogP contribution in [-0.2, 0) is 19.6 Å². The Balaban J connectivity index is 1.57. The molecule has 2 aromatic rings. The number of aliphatic imine (C=N–C) groups is 1. The van der Waals surface area contributed by atoms with Gasteiger partial charge < -0.3 is 21.7 Å². The Morgan fingerprint density at radius 1 is 1.22 bits per heavy atom. The average Bonchev–Trinajstić information content (AvgIpc) is 3.41. The van der Waals surface area contributed by atoms with Gasteiger partial charge in [0.15, 0.2) is 11.0 Å². The molecule has 1 aliphatic heterocycles. The van der Waals surface area contributed by atoms with E-state index in [0.29, 0.717) is 12.0 Å². The number of benzene rings is 1. The van der Waals surface area contributed by atoms with Gasteiger partial charge in [-0.15, -0.1) is 11.3 Å². The summed E-state index contributed by atoms with van der Waals surface area (Å²) in [6.45, 7) is -0.314. The lowest BCUT2D eigenvalue weighted by molar-refractivity contribution is -0.138. The van der Waals surface area contributed by atoms with E-state index >= 15 is 0 Å². The first kappa shape index (κ1) is 28.0. The number of thiazole rings is 1. The standard InChI is InChI=1S/C23H29N7O5S2/c24-23(25)27-9-4-7-18(21(33)22-26-10-13-36-22)28-19(31)15-29-11-12-30(16-20(29)32)37(34,35)14-8-17-5-2-1-3-6-17/h1-3,5-6,8,10,13-14,18H,4,7,9,11-12,15-16H2,(H,28,31)(H4,24,25,27)/b14-8+/t18-/m0/s1. The van der Waals surface area contributed by atoms with Gasteiger partial charge in [-0.3, -0.25) is 19.4 Å². The normalized spacial score (nSPS) is 15.5. The third-order valence-corrected chi connectivity index (χ3v) is 7.75. The van der Waals surface area contributed by atoms with Crippen LogP contribution in [0.2, 0.25) is 0 Å². The van der Waals surface area contributed by atoms with Crippen LogP contribution in [0.1, 0.15) is 28.2 Å². The zero-order chi connectivity index (χ0) is 26.8. The van der Waals surface area contributed by atoms with Gasteiger partial charge in [-0.25, -0.2) is 13.4 Å². The number of carbonyl (C=O) groups is 3. The lowest BCUT2D eigenvalue weighted by Gasteiger charge is -2.32. The van der Waals surface area contributed by atoms with E-state index in [0.717, 1.165) is 21.1 Å². The van der Waals surface area contributed by atoms with E-state index in [9.17, 15) is 22.8 Å². The molecular weight excluding hydrogens is 518 g/mol. The summed E-state index contributed by atoms with van der Waals surface area (Å²) >= 11 is 1.16. The molecule has 5 N–H and O–H groups in total. The number of nitrogens with one attached hydrogen (secondary N) is 1. The van der Waals surface area contributed by atoms with E-state index in [-0.39, 0.29) is 55.9 Å². The van der Waals surface area contributed by atoms with E-state index in [4.69, 9.17) is 11.5 Å². The van der Waals surface area contributed by atoms with Gasteiger partial charge in [-0.1, -0.05) is 30.3 Å². The summed E-state index contributed by atoms with van der Waals surface area (Å²) in [6.07, 6.45) is 3.67. The number of hydrogen-bond acceptors (Lipinski definition) is 8. The molecular formula is C23H29N7O5S2. The Bertz CT molecular complexity index is 1240. The van der Waals surface area contributed by atoms with Crippen LogP contribution in [0.3, 0.4) is 0 Å². The highest BCUT2D eigenvalue weighted by molar-refractivity contribution is 7.92. The van der Waals surface area contributed by atoms with Crippen molar-refractivity contribution in [2.75, 3.05) is 32.7 Å². The number of nitrogens with zero attached hydrogens (tertiary/aromatic N) is 4. The SMILES string of the molecule is NC(N)=NCCC[C@H](NC(=O)CN1CCN(S(=O)(=O)/C=C/c2ccccc2)CC1=O)C(=O)c1nccs1. The molecule has 2 heterocycles. The smallest absolute Gasteiger partial charge is 0.240 e. The van der Waals surface area contributed by atoms with Gasteiger partial charge in [-0.05, 0) is 24.5 Å². The number of ketones is 1. The molecule has 0 saturated carbocycles. The molecule has 14 heteroatoms. The first-order chi connectivity index (χ1) is 17.7. The Kier molecular flexibility index (Phi) is 9.88. The van der Waals surface area contributed by atoms with Crippen LogP contribution in [0.4, 0.5) is 0 Å². The Morgan fingerprint density at radius 3 is 2.62 bits per heavy atom. The third-order valence-electron chi connectivity index (χ3n) is 5.45. The molecule has 1 saturated heterocycles. The molecule has 0 bridgehead atoms. The zero-order valence-corrected chi connectivity index (χ0v) is 21.7. The molecule has 1 aromatic carbocycles. The summed E-state index contributed by atoms with van der Waals surface area (Å²) in [6, 6.07) is 8.07. The minimum absolute atomic E-state index is 0.0419. The molecule has 1 aromatic heterocycles. The molecule has 0 spiro atoms. The maximum atomic E-state index is 12.8.